The van der Waals surface area contributed by atoms with Crippen molar-refractivity contribution in [2.45, 2.75) is 13.0 Å². The third-order valence-electron chi connectivity index (χ3n) is 2.00. The van der Waals surface area contributed by atoms with E-state index >= 15 is 0 Å². The van der Waals surface area contributed by atoms with Crippen molar-refractivity contribution < 1.29 is 14.1 Å². The number of rotatable bonds is 3. The van der Waals surface area contributed by atoms with Crippen LogP contribution in [0, 0.1) is 28.3 Å². The number of benzene rings is 1. The highest BCUT2D eigenvalue weighted by atomic mass is 19.1. The summed E-state index contributed by atoms with van der Waals surface area (Å²) in [4.78, 5) is 21.4. The summed E-state index contributed by atoms with van der Waals surface area (Å²) in [5.41, 5.74) is -0.815. The number of hydrogen-bond acceptors (Lipinski definition) is 3. The van der Waals surface area contributed by atoms with E-state index in [-0.39, 0.29) is 5.56 Å². The van der Waals surface area contributed by atoms with Gasteiger partial charge in [0.2, 0.25) is 0 Å². The lowest BCUT2D eigenvalue weighted by molar-refractivity contribution is -0.385. The summed E-state index contributed by atoms with van der Waals surface area (Å²) in [6.45, 7) is 1.55. The number of nitrogens with one attached hydrogen (secondary N) is 1. The lowest BCUT2D eigenvalue weighted by Gasteiger charge is -2.07. The quantitative estimate of drug-likeness (QED) is 0.491. The van der Waals surface area contributed by atoms with E-state index in [0.717, 1.165) is 12.1 Å². The fraction of sp³-hybridized carbons (Fsp3) is 0.182. The van der Waals surface area contributed by atoms with Gasteiger partial charge in [-0.05, 0) is 19.1 Å². The van der Waals surface area contributed by atoms with E-state index in [1.807, 2.05) is 0 Å². The molecule has 1 N–H and O–H groups in total. The third-order valence-corrected chi connectivity index (χ3v) is 2.00. The van der Waals surface area contributed by atoms with Crippen molar-refractivity contribution in [2.75, 3.05) is 0 Å². The highest BCUT2D eigenvalue weighted by Crippen LogP contribution is 2.19. The van der Waals surface area contributed by atoms with Gasteiger partial charge >= 0.3 is 0 Å². The molecule has 17 heavy (non-hydrogen) atoms. The summed E-state index contributed by atoms with van der Waals surface area (Å²) in [7, 11) is 0. The largest absolute Gasteiger partial charge is 0.338 e. The Kier molecular flexibility index (Phi) is 3.78. The van der Waals surface area contributed by atoms with Crippen molar-refractivity contribution in [3.63, 3.8) is 0 Å². The zero-order chi connectivity index (χ0) is 13.0. The molecule has 6 heteroatoms. The van der Waals surface area contributed by atoms with Gasteiger partial charge in [0, 0.05) is 0 Å². The van der Waals surface area contributed by atoms with Gasteiger partial charge in [-0.15, -0.1) is 6.42 Å². The van der Waals surface area contributed by atoms with Crippen molar-refractivity contribution in [1.82, 2.24) is 5.32 Å². The Morgan fingerprint density at radius 3 is 2.82 bits per heavy atom. The first kappa shape index (κ1) is 12.6. The van der Waals surface area contributed by atoms with Crippen LogP contribution >= 0.6 is 0 Å². The molecule has 0 radical (unpaired) electrons. The molecule has 0 saturated carbocycles. The molecule has 88 valence electrons. The summed E-state index contributed by atoms with van der Waals surface area (Å²) in [5.74, 6) is 0.764. The van der Waals surface area contributed by atoms with Gasteiger partial charge in [0.05, 0.1) is 17.0 Å². The molecule has 1 aromatic rings. The van der Waals surface area contributed by atoms with Crippen LogP contribution in [0.4, 0.5) is 10.1 Å². The van der Waals surface area contributed by atoms with Gasteiger partial charge in [-0.1, -0.05) is 5.92 Å². The molecule has 1 unspecified atom stereocenters. The van der Waals surface area contributed by atoms with Crippen LogP contribution in [-0.4, -0.2) is 16.9 Å². The molecule has 0 heterocycles. The topological polar surface area (TPSA) is 72.2 Å². The lowest BCUT2D eigenvalue weighted by atomic mass is 10.1. The molecule has 1 aromatic carbocycles. The minimum absolute atomic E-state index is 0.224. The maximum Gasteiger partial charge on any atom is 0.285 e. The zero-order valence-corrected chi connectivity index (χ0v) is 8.94. The standard InChI is InChI=1S/C11H9FN2O3/c1-3-7(2)13-11(15)9-5-4-8(12)6-10(9)14(16)17/h1,4-7H,2H3,(H,13,15). The monoisotopic (exact) mass is 236 g/mol. The number of halogens is 1. The molecule has 0 aliphatic heterocycles. The third kappa shape index (κ3) is 3.01. The highest BCUT2D eigenvalue weighted by Gasteiger charge is 2.21. The van der Waals surface area contributed by atoms with Crippen LogP contribution < -0.4 is 5.32 Å². The summed E-state index contributed by atoms with van der Waals surface area (Å²) in [5, 5.41) is 13.0. The zero-order valence-electron chi connectivity index (χ0n) is 8.94. The Morgan fingerprint density at radius 2 is 2.29 bits per heavy atom. The Balaban J connectivity index is 3.10. The molecule has 1 rings (SSSR count). The molecule has 0 saturated heterocycles. The molecular formula is C11H9FN2O3. The van der Waals surface area contributed by atoms with Crippen LogP contribution in [0.5, 0.6) is 0 Å². The van der Waals surface area contributed by atoms with E-state index in [2.05, 4.69) is 11.2 Å². The molecule has 0 aromatic heterocycles. The first-order valence-corrected chi connectivity index (χ1v) is 4.66. The fourth-order valence-electron chi connectivity index (χ4n) is 1.16. The second-order valence-corrected chi connectivity index (χ2v) is 3.28. The van der Waals surface area contributed by atoms with E-state index in [1.165, 1.54) is 0 Å². The predicted octanol–water partition coefficient (Wildman–Crippen LogP) is 1.49. The van der Waals surface area contributed by atoms with Gasteiger partial charge in [0.15, 0.2) is 0 Å². The van der Waals surface area contributed by atoms with Gasteiger partial charge in [-0.2, -0.15) is 0 Å². The Labute approximate surface area is 96.8 Å². The normalized spacial score (nSPS) is 11.4. The minimum Gasteiger partial charge on any atom is -0.338 e. The van der Waals surface area contributed by atoms with E-state index in [4.69, 9.17) is 6.42 Å². The lowest BCUT2D eigenvalue weighted by Crippen LogP contribution is -2.31. The SMILES string of the molecule is C#CC(C)NC(=O)c1ccc(F)cc1[N+](=O)[O-]. The van der Waals surface area contributed by atoms with Crippen molar-refractivity contribution in [2.24, 2.45) is 0 Å². The molecule has 0 aliphatic rings. The fourth-order valence-corrected chi connectivity index (χ4v) is 1.16. The van der Waals surface area contributed by atoms with E-state index in [1.54, 1.807) is 6.92 Å². The average Bonchev–Trinajstić information content (AvgIpc) is 2.28. The molecule has 0 bridgehead atoms. The highest BCUT2D eigenvalue weighted by molar-refractivity contribution is 5.98. The number of terminal acetylenes is 1. The number of amides is 1. The number of nitro benzene ring substituents is 1. The van der Waals surface area contributed by atoms with Gasteiger partial charge in [-0.3, -0.25) is 14.9 Å². The van der Waals surface area contributed by atoms with Gasteiger partial charge < -0.3 is 5.32 Å². The van der Waals surface area contributed by atoms with Crippen LogP contribution in [0.15, 0.2) is 18.2 Å². The van der Waals surface area contributed by atoms with Gasteiger partial charge in [-0.25, -0.2) is 4.39 Å². The van der Waals surface area contributed by atoms with Crippen molar-refractivity contribution in [3.05, 3.63) is 39.7 Å². The maximum absolute atomic E-state index is 12.8. The first-order chi connectivity index (χ1) is 7.95. The van der Waals surface area contributed by atoms with Crippen LogP contribution in [0.25, 0.3) is 0 Å². The van der Waals surface area contributed by atoms with Crippen molar-refractivity contribution in [1.29, 1.82) is 0 Å². The number of hydrogen-bond donors (Lipinski definition) is 1. The molecule has 0 spiro atoms. The number of carbonyl (C=O) groups excluding carboxylic acids is 1. The predicted molar refractivity (Wildman–Crippen MR) is 58.8 cm³/mol. The van der Waals surface area contributed by atoms with Crippen LogP contribution in [0.3, 0.4) is 0 Å². The number of nitro groups is 1. The van der Waals surface area contributed by atoms with Crippen molar-refractivity contribution in [3.8, 4) is 12.3 Å². The minimum atomic E-state index is -0.821. The molecular weight excluding hydrogens is 227 g/mol. The molecule has 0 aliphatic carbocycles. The smallest absolute Gasteiger partial charge is 0.285 e. The first-order valence-electron chi connectivity index (χ1n) is 4.66. The number of carbonyl (C=O) groups is 1. The van der Waals surface area contributed by atoms with E-state index in [0.29, 0.717) is 6.07 Å². The maximum atomic E-state index is 12.8. The summed E-state index contributed by atoms with van der Waals surface area (Å²) >= 11 is 0. The number of nitrogens with zero attached hydrogens (tertiary/aromatic N) is 1. The van der Waals surface area contributed by atoms with Gasteiger partial charge in [0.25, 0.3) is 11.6 Å². The summed E-state index contributed by atoms with van der Waals surface area (Å²) < 4.78 is 12.8. The molecule has 1 amide bonds. The van der Waals surface area contributed by atoms with Crippen molar-refractivity contribution >= 4 is 11.6 Å². The summed E-state index contributed by atoms with van der Waals surface area (Å²) in [6, 6.07) is 2.15. The van der Waals surface area contributed by atoms with E-state index < -0.39 is 28.4 Å². The summed E-state index contributed by atoms with van der Waals surface area (Å²) in [6.07, 6.45) is 5.06. The molecule has 5 nitrogen and oxygen atoms in total. The second kappa shape index (κ2) is 5.07. The van der Waals surface area contributed by atoms with Gasteiger partial charge in [0.1, 0.15) is 11.4 Å². The Morgan fingerprint density at radius 1 is 1.65 bits per heavy atom. The van der Waals surface area contributed by atoms with E-state index in [9.17, 15) is 19.3 Å². The molecule has 0 fully saturated rings. The van der Waals surface area contributed by atoms with Crippen LogP contribution in [0.2, 0.25) is 0 Å². The Hall–Kier alpha value is -2.42. The van der Waals surface area contributed by atoms with Crippen LogP contribution in [-0.2, 0) is 0 Å². The Bertz CT molecular complexity index is 508. The molecule has 1 atom stereocenters. The van der Waals surface area contributed by atoms with Crippen LogP contribution in [0.1, 0.15) is 17.3 Å². The second-order valence-electron chi connectivity index (χ2n) is 3.28. The average molecular weight is 236 g/mol.